The average molecular weight is 245 g/mol. The van der Waals surface area contributed by atoms with Crippen molar-refractivity contribution in [2.24, 2.45) is 7.05 Å². The molecule has 0 amide bonds. The molecule has 0 aliphatic heterocycles. The second kappa shape index (κ2) is 4.04. The zero-order chi connectivity index (χ0) is 11.8. The number of hydrogen-bond donors (Lipinski definition) is 1. The number of nitrogens with one attached hydrogen (secondary N) is 1. The van der Waals surface area contributed by atoms with Crippen LogP contribution in [0, 0.1) is 0 Å². The van der Waals surface area contributed by atoms with E-state index in [-0.39, 0.29) is 0 Å². The van der Waals surface area contributed by atoms with Gasteiger partial charge in [-0.1, -0.05) is 13.3 Å². The minimum absolute atomic E-state index is 0.972. The van der Waals surface area contributed by atoms with Crippen molar-refractivity contribution in [1.82, 2.24) is 14.5 Å². The standard InChI is InChI=1S/C13H15N3S/c1-3-4-9-8-14-13(15-9)11-7-12-10(16(11)2)5-6-17-12/h5-8H,3-4H2,1-2H3,(H,14,15). The highest BCUT2D eigenvalue weighted by Crippen LogP contribution is 2.29. The van der Waals surface area contributed by atoms with Crippen LogP contribution < -0.4 is 0 Å². The van der Waals surface area contributed by atoms with E-state index < -0.39 is 0 Å². The third-order valence-corrected chi connectivity index (χ3v) is 3.91. The molecule has 88 valence electrons. The van der Waals surface area contributed by atoms with E-state index in [4.69, 9.17) is 0 Å². The van der Waals surface area contributed by atoms with Crippen molar-refractivity contribution in [2.45, 2.75) is 19.8 Å². The monoisotopic (exact) mass is 245 g/mol. The summed E-state index contributed by atoms with van der Waals surface area (Å²) < 4.78 is 3.51. The molecule has 0 saturated carbocycles. The molecule has 0 fully saturated rings. The van der Waals surface area contributed by atoms with Crippen molar-refractivity contribution in [3.8, 4) is 11.5 Å². The number of H-pyrrole nitrogens is 1. The molecule has 3 aromatic rings. The maximum atomic E-state index is 4.47. The number of fused-ring (bicyclic) bond motifs is 1. The molecular formula is C13H15N3S. The molecule has 0 saturated heterocycles. The van der Waals surface area contributed by atoms with Gasteiger partial charge in [-0.25, -0.2) is 4.98 Å². The van der Waals surface area contributed by atoms with Gasteiger partial charge in [0.1, 0.15) is 0 Å². The molecule has 1 N–H and O–H groups in total. The fraction of sp³-hybridized carbons (Fsp3) is 0.308. The van der Waals surface area contributed by atoms with Crippen LogP contribution in [0.3, 0.4) is 0 Å². The van der Waals surface area contributed by atoms with Gasteiger partial charge in [0.25, 0.3) is 0 Å². The Kier molecular flexibility index (Phi) is 2.52. The van der Waals surface area contributed by atoms with E-state index >= 15 is 0 Å². The maximum absolute atomic E-state index is 4.47. The summed E-state index contributed by atoms with van der Waals surface area (Å²) in [4.78, 5) is 7.86. The van der Waals surface area contributed by atoms with Gasteiger partial charge in [0.05, 0.1) is 15.9 Å². The van der Waals surface area contributed by atoms with E-state index in [0.29, 0.717) is 0 Å². The molecule has 0 radical (unpaired) electrons. The number of thiophene rings is 1. The van der Waals surface area contributed by atoms with Crippen LogP contribution in [-0.4, -0.2) is 14.5 Å². The predicted molar refractivity (Wildman–Crippen MR) is 72.4 cm³/mol. The molecule has 0 aliphatic rings. The molecule has 0 unspecified atom stereocenters. The Labute approximate surface area is 104 Å². The third-order valence-electron chi connectivity index (χ3n) is 3.05. The molecule has 0 spiro atoms. The topological polar surface area (TPSA) is 33.6 Å². The van der Waals surface area contributed by atoms with Crippen LogP contribution in [0.5, 0.6) is 0 Å². The van der Waals surface area contributed by atoms with E-state index in [9.17, 15) is 0 Å². The largest absolute Gasteiger partial charge is 0.341 e. The SMILES string of the molecule is CCCc1cnc(-c2cc3sccc3n2C)[nH]1. The van der Waals surface area contributed by atoms with Gasteiger partial charge in [0.2, 0.25) is 0 Å². The maximum Gasteiger partial charge on any atom is 0.154 e. The van der Waals surface area contributed by atoms with E-state index in [1.54, 1.807) is 11.3 Å². The smallest absolute Gasteiger partial charge is 0.154 e. The molecule has 17 heavy (non-hydrogen) atoms. The van der Waals surface area contributed by atoms with Crippen molar-refractivity contribution in [1.29, 1.82) is 0 Å². The first kappa shape index (κ1) is 10.6. The summed E-state index contributed by atoms with van der Waals surface area (Å²) in [6, 6.07) is 4.36. The van der Waals surface area contributed by atoms with E-state index in [1.165, 1.54) is 15.9 Å². The molecule has 3 aromatic heterocycles. The van der Waals surface area contributed by atoms with Crippen LogP contribution in [0.15, 0.2) is 23.7 Å². The summed E-state index contributed by atoms with van der Waals surface area (Å²) >= 11 is 1.77. The van der Waals surface area contributed by atoms with Gasteiger partial charge in [-0.15, -0.1) is 11.3 Å². The quantitative estimate of drug-likeness (QED) is 0.751. The number of aryl methyl sites for hydroxylation is 2. The van der Waals surface area contributed by atoms with Gasteiger partial charge in [0.15, 0.2) is 5.82 Å². The molecule has 3 nitrogen and oxygen atoms in total. The molecule has 0 aromatic carbocycles. The second-order valence-corrected chi connectivity index (χ2v) is 5.21. The lowest BCUT2D eigenvalue weighted by atomic mass is 10.3. The van der Waals surface area contributed by atoms with Gasteiger partial charge in [-0.3, -0.25) is 0 Å². The van der Waals surface area contributed by atoms with Gasteiger partial charge in [-0.2, -0.15) is 0 Å². The van der Waals surface area contributed by atoms with Crippen LogP contribution in [0.25, 0.3) is 21.7 Å². The number of nitrogens with zero attached hydrogens (tertiary/aromatic N) is 2. The Bertz CT molecular complexity index is 645. The minimum atomic E-state index is 0.972. The molecule has 3 rings (SSSR count). The number of imidazole rings is 1. The van der Waals surface area contributed by atoms with Crippen molar-refractivity contribution < 1.29 is 0 Å². The summed E-state index contributed by atoms with van der Waals surface area (Å²) in [7, 11) is 2.09. The highest BCUT2D eigenvalue weighted by atomic mass is 32.1. The molecule has 0 bridgehead atoms. The molecule has 0 aliphatic carbocycles. The van der Waals surface area contributed by atoms with E-state index in [0.717, 1.165) is 24.4 Å². The zero-order valence-electron chi connectivity index (χ0n) is 10.0. The van der Waals surface area contributed by atoms with Crippen LogP contribution >= 0.6 is 11.3 Å². The number of hydrogen-bond acceptors (Lipinski definition) is 2. The highest BCUT2D eigenvalue weighted by molar-refractivity contribution is 7.17. The van der Waals surface area contributed by atoms with Crippen molar-refractivity contribution in [3.05, 3.63) is 29.4 Å². The number of aromatic amines is 1. The fourth-order valence-electron chi connectivity index (χ4n) is 2.16. The summed E-state index contributed by atoms with van der Waals surface area (Å²) in [6.45, 7) is 2.18. The van der Waals surface area contributed by atoms with Crippen LogP contribution in [0.4, 0.5) is 0 Å². The Morgan fingerprint density at radius 2 is 2.35 bits per heavy atom. The number of aromatic nitrogens is 3. The summed E-state index contributed by atoms with van der Waals surface area (Å²) in [5, 5.41) is 2.12. The van der Waals surface area contributed by atoms with Gasteiger partial charge in [-0.05, 0) is 23.9 Å². The van der Waals surface area contributed by atoms with Gasteiger partial charge >= 0.3 is 0 Å². The van der Waals surface area contributed by atoms with E-state index in [1.807, 2.05) is 6.20 Å². The van der Waals surface area contributed by atoms with Crippen molar-refractivity contribution in [2.75, 3.05) is 0 Å². The Balaban J connectivity index is 2.06. The van der Waals surface area contributed by atoms with Gasteiger partial charge in [0, 0.05) is 18.9 Å². The van der Waals surface area contributed by atoms with Crippen LogP contribution in [-0.2, 0) is 13.5 Å². The average Bonchev–Trinajstić information content (AvgIpc) is 2.97. The lowest BCUT2D eigenvalue weighted by molar-refractivity contribution is 0.890. The Morgan fingerprint density at radius 3 is 3.12 bits per heavy atom. The normalized spacial score (nSPS) is 11.4. The Morgan fingerprint density at radius 1 is 1.47 bits per heavy atom. The lowest BCUT2D eigenvalue weighted by Gasteiger charge is -1.99. The van der Waals surface area contributed by atoms with Crippen molar-refractivity contribution >= 4 is 21.6 Å². The van der Waals surface area contributed by atoms with Crippen molar-refractivity contribution in [3.63, 3.8) is 0 Å². The van der Waals surface area contributed by atoms with E-state index in [2.05, 4.69) is 46.0 Å². The summed E-state index contributed by atoms with van der Waals surface area (Å²) in [6.07, 6.45) is 4.15. The molecular weight excluding hydrogens is 230 g/mol. The molecule has 0 atom stereocenters. The van der Waals surface area contributed by atoms with Gasteiger partial charge < -0.3 is 9.55 Å². The van der Waals surface area contributed by atoms with Crippen LogP contribution in [0.2, 0.25) is 0 Å². The number of rotatable bonds is 3. The Hall–Kier alpha value is -1.55. The first-order valence-corrected chi connectivity index (χ1v) is 6.74. The highest BCUT2D eigenvalue weighted by Gasteiger charge is 2.11. The zero-order valence-corrected chi connectivity index (χ0v) is 10.8. The first-order chi connectivity index (χ1) is 8.29. The minimum Gasteiger partial charge on any atom is -0.341 e. The molecule has 4 heteroatoms. The molecule has 3 heterocycles. The van der Waals surface area contributed by atoms with Crippen LogP contribution in [0.1, 0.15) is 19.0 Å². The summed E-state index contributed by atoms with van der Waals surface area (Å²) in [5.74, 6) is 0.972. The lowest BCUT2D eigenvalue weighted by Crippen LogP contribution is -1.92. The fourth-order valence-corrected chi connectivity index (χ4v) is 3.01. The summed E-state index contributed by atoms with van der Waals surface area (Å²) in [5.41, 5.74) is 3.65. The second-order valence-electron chi connectivity index (χ2n) is 4.27. The predicted octanol–water partition coefficient (Wildman–Crippen LogP) is 3.58. The first-order valence-electron chi connectivity index (χ1n) is 5.86. The third kappa shape index (κ3) is 1.69.